The molecule has 0 aliphatic heterocycles. The van der Waals surface area contributed by atoms with Crippen molar-refractivity contribution in [3.63, 3.8) is 0 Å². The van der Waals surface area contributed by atoms with E-state index >= 15 is 0 Å². The fraction of sp³-hybridized carbons (Fsp3) is 0.462. The van der Waals surface area contributed by atoms with Crippen LogP contribution in [0, 0.1) is 0 Å². The summed E-state index contributed by atoms with van der Waals surface area (Å²) in [6, 6.07) is 6.28. The van der Waals surface area contributed by atoms with Crippen molar-refractivity contribution in [3.8, 4) is 0 Å². The number of carbonyl (C=O) groups is 1. The highest BCUT2D eigenvalue weighted by Gasteiger charge is 2.47. The SMILES string of the molecule is O=C(O)CC1(c2ccccc2CC(F)(F)F)CC1. The number of halogens is 3. The van der Waals surface area contributed by atoms with Gasteiger partial charge in [0, 0.05) is 5.41 Å². The van der Waals surface area contributed by atoms with Gasteiger partial charge >= 0.3 is 12.1 Å². The summed E-state index contributed by atoms with van der Waals surface area (Å²) in [5.41, 5.74) is 0.168. The van der Waals surface area contributed by atoms with Gasteiger partial charge in [-0.1, -0.05) is 24.3 Å². The Morgan fingerprint density at radius 2 is 1.89 bits per heavy atom. The van der Waals surface area contributed by atoms with E-state index in [2.05, 4.69) is 0 Å². The van der Waals surface area contributed by atoms with Crippen molar-refractivity contribution in [2.45, 2.75) is 37.3 Å². The number of hydrogen-bond acceptors (Lipinski definition) is 1. The third-order valence-electron chi connectivity index (χ3n) is 3.32. The van der Waals surface area contributed by atoms with Crippen molar-refractivity contribution in [2.75, 3.05) is 0 Å². The van der Waals surface area contributed by atoms with Gasteiger partial charge in [-0.15, -0.1) is 0 Å². The molecule has 5 heteroatoms. The highest BCUT2D eigenvalue weighted by atomic mass is 19.4. The standard InChI is InChI=1S/C13H13F3O2/c14-13(15,16)7-9-3-1-2-4-10(9)12(5-6-12)8-11(17)18/h1-4H,5-8H2,(H,17,18). The Balaban J connectivity index is 2.31. The van der Waals surface area contributed by atoms with Crippen molar-refractivity contribution in [3.05, 3.63) is 35.4 Å². The Kier molecular flexibility index (Phi) is 3.09. The number of benzene rings is 1. The van der Waals surface area contributed by atoms with E-state index in [9.17, 15) is 18.0 Å². The van der Waals surface area contributed by atoms with E-state index in [1.165, 1.54) is 6.07 Å². The van der Waals surface area contributed by atoms with Crippen LogP contribution in [-0.4, -0.2) is 17.3 Å². The summed E-state index contributed by atoms with van der Waals surface area (Å²) >= 11 is 0. The molecule has 0 heterocycles. The average Bonchev–Trinajstić information content (AvgIpc) is 2.96. The zero-order valence-corrected chi connectivity index (χ0v) is 9.63. The molecule has 0 atom stereocenters. The van der Waals surface area contributed by atoms with E-state index in [1.54, 1.807) is 18.2 Å². The molecule has 1 N–H and O–H groups in total. The number of carboxylic acid groups (broad SMARTS) is 1. The molecule has 0 unspecified atom stereocenters. The van der Waals surface area contributed by atoms with Crippen molar-refractivity contribution >= 4 is 5.97 Å². The highest BCUT2D eigenvalue weighted by Crippen LogP contribution is 2.52. The smallest absolute Gasteiger partial charge is 0.393 e. The molecule has 1 aromatic rings. The second-order valence-corrected chi connectivity index (χ2v) is 4.80. The molecule has 0 saturated heterocycles. The molecule has 0 amide bonds. The normalized spacial score (nSPS) is 17.5. The maximum atomic E-state index is 12.5. The van der Waals surface area contributed by atoms with E-state index in [1.807, 2.05) is 0 Å². The van der Waals surface area contributed by atoms with Gasteiger partial charge in [0.2, 0.25) is 0 Å². The lowest BCUT2D eigenvalue weighted by molar-refractivity contribution is -0.137. The molecule has 0 radical (unpaired) electrons. The van der Waals surface area contributed by atoms with Crippen LogP contribution in [-0.2, 0) is 16.6 Å². The first-order valence-corrected chi connectivity index (χ1v) is 5.69. The molecule has 98 valence electrons. The van der Waals surface area contributed by atoms with Gasteiger partial charge in [0.1, 0.15) is 0 Å². The maximum Gasteiger partial charge on any atom is 0.393 e. The van der Waals surface area contributed by atoms with Crippen LogP contribution in [0.3, 0.4) is 0 Å². The van der Waals surface area contributed by atoms with E-state index in [0.29, 0.717) is 18.4 Å². The van der Waals surface area contributed by atoms with Crippen LogP contribution in [0.15, 0.2) is 24.3 Å². The minimum atomic E-state index is -4.27. The second kappa shape index (κ2) is 4.30. The van der Waals surface area contributed by atoms with Gasteiger partial charge in [0.25, 0.3) is 0 Å². The van der Waals surface area contributed by atoms with Gasteiger partial charge in [-0.05, 0) is 24.0 Å². The van der Waals surface area contributed by atoms with Gasteiger partial charge in [-0.25, -0.2) is 0 Å². The summed E-state index contributed by atoms with van der Waals surface area (Å²) in [5.74, 6) is -0.964. The molecule has 2 nitrogen and oxygen atoms in total. The lowest BCUT2D eigenvalue weighted by Gasteiger charge is -2.18. The predicted molar refractivity (Wildman–Crippen MR) is 59.4 cm³/mol. The first kappa shape index (κ1) is 12.9. The van der Waals surface area contributed by atoms with Gasteiger partial charge in [-0.3, -0.25) is 4.79 Å². The zero-order chi connectivity index (χ0) is 13.4. The lowest BCUT2D eigenvalue weighted by atomic mass is 9.87. The Morgan fingerprint density at radius 3 is 2.39 bits per heavy atom. The second-order valence-electron chi connectivity index (χ2n) is 4.80. The summed E-state index contributed by atoms with van der Waals surface area (Å²) < 4.78 is 37.4. The predicted octanol–water partition coefficient (Wildman–Crippen LogP) is 3.30. The molecular formula is C13H13F3O2. The van der Waals surface area contributed by atoms with Crippen LogP contribution in [0.5, 0.6) is 0 Å². The Hall–Kier alpha value is -1.52. The quantitative estimate of drug-likeness (QED) is 0.899. The fourth-order valence-electron chi connectivity index (χ4n) is 2.39. The highest BCUT2D eigenvalue weighted by molar-refractivity contribution is 5.70. The minimum absolute atomic E-state index is 0.0954. The van der Waals surface area contributed by atoms with Crippen molar-refractivity contribution in [1.29, 1.82) is 0 Å². The summed E-state index contributed by atoms with van der Waals surface area (Å²) in [5, 5.41) is 8.85. The van der Waals surface area contributed by atoms with E-state index < -0.39 is 24.0 Å². The first-order valence-electron chi connectivity index (χ1n) is 5.69. The molecule has 1 aliphatic carbocycles. The molecule has 1 aromatic carbocycles. The maximum absolute atomic E-state index is 12.5. The Bertz CT molecular complexity index is 462. The van der Waals surface area contributed by atoms with Crippen LogP contribution in [0.1, 0.15) is 30.4 Å². The van der Waals surface area contributed by atoms with E-state index in [0.717, 1.165) is 0 Å². The van der Waals surface area contributed by atoms with Gasteiger partial charge < -0.3 is 5.11 Å². The van der Waals surface area contributed by atoms with Crippen LogP contribution >= 0.6 is 0 Å². The van der Waals surface area contributed by atoms with Crippen LogP contribution < -0.4 is 0 Å². The summed E-state index contributed by atoms with van der Waals surface area (Å²) in [6.45, 7) is 0. The fourth-order valence-corrected chi connectivity index (χ4v) is 2.39. The van der Waals surface area contributed by atoms with Crippen LogP contribution in [0.25, 0.3) is 0 Å². The average molecular weight is 258 g/mol. The number of aliphatic carboxylic acids is 1. The van der Waals surface area contributed by atoms with Gasteiger partial charge in [0.15, 0.2) is 0 Å². The Labute approximate surface area is 102 Å². The number of rotatable bonds is 4. The number of hydrogen-bond donors (Lipinski definition) is 1. The lowest BCUT2D eigenvalue weighted by Crippen LogP contribution is -2.19. The Morgan fingerprint density at radius 1 is 1.28 bits per heavy atom. The molecule has 2 rings (SSSR count). The van der Waals surface area contributed by atoms with Crippen molar-refractivity contribution in [1.82, 2.24) is 0 Å². The molecular weight excluding hydrogens is 245 g/mol. The van der Waals surface area contributed by atoms with Crippen molar-refractivity contribution in [2.24, 2.45) is 0 Å². The molecule has 0 spiro atoms. The summed E-state index contributed by atoms with van der Waals surface area (Å²) in [4.78, 5) is 10.8. The molecule has 1 fully saturated rings. The number of carboxylic acids is 1. The minimum Gasteiger partial charge on any atom is -0.481 e. The third kappa shape index (κ3) is 2.83. The van der Waals surface area contributed by atoms with Crippen LogP contribution in [0.2, 0.25) is 0 Å². The summed E-state index contributed by atoms with van der Waals surface area (Å²) in [6.07, 6.45) is -4.07. The summed E-state index contributed by atoms with van der Waals surface area (Å²) in [7, 11) is 0. The monoisotopic (exact) mass is 258 g/mol. The molecule has 1 saturated carbocycles. The topological polar surface area (TPSA) is 37.3 Å². The van der Waals surface area contributed by atoms with E-state index in [-0.39, 0.29) is 12.0 Å². The molecule has 18 heavy (non-hydrogen) atoms. The first-order chi connectivity index (χ1) is 8.32. The van der Waals surface area contributed by atoms with E-state index in [4.69, 9.17) is 5.11 Å². The largest absolute Gasteiger partial charge is 0.481 e. The van der Waals surface area contributed by atoms with Gasteiger partial charge in [0.05, 0.1) is 12.8 Å². The third-order valence-corrected chi connectivity index (χ3v) is 3.32. The molecule has 1 aliphatic rings. The van der Waals surface area contributed by atoms with Crippen molar-refractivity contribution < 1.29 is 23.1 Å². The number of alkyl halides is 3. The molecule has 0 bridgehead atoms. The zero-order valence-electron chi connectivity index (χ0n) is 9.63. The van der Waals surface area contributed by atoms with Crippen LogP contribution in [0.4, 0.5) is 13.2 Å². The van der Waals surface area contributed by atoms with Gasteiger partial charge in [-0.2, -0.15) is 13.2 Å². The molecule has 0 aromatic heterocycles.